The second kappa shape index (κ2) is 6.64. The van der Waals surface area contributed by atoms with Crippen LogP contribution in [0.15, 0.2) is 18.2 Å². The monoisotopic (exact) mass is 251 g/mol. The lowest BCUT2D eigenvalue weighted by Crippen LogP contribution is -2.33. The molecule has 0 saturated carbocycles. The van der Waals surface area contributed by atoms with Crippen molar-refractivity contribution in [1.29, 1.82) is 0 Å². The second-order valence-electron chi connectivity index (χ2n) is 5.03. The number of methoxy groups -OCH3 is 2. The van der Waals surface area contributed by atoms with E-state index in [9.17, 15) is 0 Å². The van der Waals surface area contributed by atoms with E-state index in [1.165, 1.54) is 0 Å². The zero-order valence-electron chi connectivity index (χ0n) is 12.3. The van der Waals surface area contributed by atoms with E-state index in [0.717, 1.165) is 17.1 Å². The highest BCUT2D eigenvalue weighted by Gasteiger charge is 2.16. The van der Waals surface area contributed by atoms with Gasteiger partial charge in [0.2, 0.25) is 0 Å². The lowest BCUT2D eigenvalue weighted by Gasteiger charge is -2.24. The maximum Gasteiger partial charge on any atom is 0.127 e. The Kier molecular flexibility index (Phi) is 5.48. The fourth-order valence-corrected chi connectivity index (χ4v) is 1.85. The average molecular weight is 251 g/mol. The van der Waals surface area contributed by atoms with Gasteiger partial charge >= 0.3 is 0 Å². The molecule has 1 N–H and O–H groups in total. The van der Waals surface area contributed by atoms with Gasteiger partial charge in [0.05, 0.1) is 14.2 Å². The highest BCUT2D eigenvalue weighted by molar-refractivity contribution is 5.42. The molecule has 0 fully saturated rings. The SMILES string of the molecule is COc1ccc(C(C)NC(C)C(C)C)c(OC)c1. The van der Waals surface area contributed by atoms with Crippen molar-refractivity contribution in [2.45, 2.75) is 39.8 Å². The molecule has 0 aliphatic rings. The van der Waals surface area contributed by atoms with Crippen LogP contribution < -0.4 is 14.8 Å². The molecule has 0 aliphatic heterocycles. The van der Waals surface area contributed by atoms with Crippen LogP contribution in [0.2, 0.25) is 0 Å². The van der Waals surface area contributed by atoms with Crippen LogP contribution in [0.1, 0.15) is 39.3 Å². The normalized spacial score (nSPS) is 14.4. The largest absolute Gasteiger partial charge is 0.497 e. The molecule has 102 valence electrons. The fraction of sp³-hybridized carbons (Fsp3) is 0.600. The Morgan fingerprint density at radius 2 is 1.67 bits per heavy atom. The van der Waals surface area contributed by atoms with Gasteiger partial charge in [-0.15, -0.1) is 0 Å². The summed E-state index contributed by atoms with van der Waals surface area (Å²) >= 11 is 0. The number of benzene rings is 1. The number of rotatable bonds is 6. The van der Waals surface area contributed by atoms with Gasteiger partial charge in [-0.25, -0.2) is 0 Å². The average Bonchev–Trinajstić information content (AvgIpc) is 2.37. The molecule has 1 aromatic carbocycles. The summed E-state index contributed by atoms with van der Waals surface area (Å²) in [5, 5.41) is 3.59. The molecule has 2 unspecified atom stereocenters. The van der Waals surface area contributed by atoms with Gasteiger partial charge in [0.15, 0.2) is 0 Å². The Labute approximate surface area is 110 Å². The van der Waals surface area contributed by atoms with Gasteiger partial charge < -0.3 is 14.8 Å². The highest BCUT2D eigenvalue weighted by atomic mass is 16.5. The number of hydrogen-bond acceptors (Lipinski definition) is 3. The minimum atomic E-state index is 0.253. The summed E-state index contributed by atoms with van der Waals surface area (Å²) in [4.78, 5) is 0. The van der Waals surface area contributed by atoms with Gasteiger partial charge in [-0.3, -0.25) is 0 Å². The Hall–Kier alpha value is -1.22. The first kappa shape index (κ1) is 14.8. The topological polar surface area (TPSA) is 30.5 Å². The Morgan fingerprint density at radius 3 is 2.17 bits per heavy atom. The summed E-state index contributed by atoms with van der Waals surface area (Å²) in [5.41, 5.74) is 1.16. The molecule has 0 heterocycles. The summed E-state index contributed by atoms with van der Waals surface area (Å²) in [6, 6.07) is 6.67. The lowest BCUT2D eigenvalue weighted by atomic mass is 10.0. The van der Waals surface area contributed by atoms with Crippen LogP contribution in [0.4, 0.5) is 0 Å². The molecule has 1 rings (SSSR count). The molecular formula is C15H25NO2. The van der Waals surface area contributed by atoms with Crippen molar-refractivity contribution in [1.82, 2.24) is 5.32 Å². The van der Waals surface area contributed by atoms with Crippen LogP contribution >= 0.6 is 0 Å². The summed E-state index contributed by atoms with van der Waals surface area (Å²) in [6.45, 7) is 8.80. The molecule has 2 atom stereocenters. The molecule has 0 radical (unpaired) electrons. The summed E-state index contributed by atoms with van der Waals surface area (Å²) in [6.07, 6.45) is 0. The predicted molar refractivity (Wildman–Crippen MR) is 75.4 cm³/mol. The third-order valence-electron chi connectivity index (χ3n) is 3.42. The molecule has 0 spiro atoms. The molecule has 3 nitrogen and oxygen atoms in total. The maximum atomic E-state index is 5.43. The zero-order valence-corrected chi connectivity index (χ0v) is 12.3. The predicted octanol–water partition coefficient (Wildman–Crippen LogP) is 3.40. The molecule has 3 heteroatoms. The van der Waals surface area contributed by atoms with Crippen molar-refractivity contribution in [3.8, 4) is 11.5 Å². The summed E-state index contributed by atoms with van der Waals surface area (Å²) < 4.78 is 10.6. The molecule has 0 aliphatic carbocycles. The van der Waals surface area contributed by atoms with Crippen molar-refractivity contribution in [2.75, 3.05) is 14.2 Å². The van der Waals surface area contributed by atoms with Crippen molar-refractivity contribution in [3.63, 3.8) is 0 Å². The third kappa shape index (κ3) is 3.64. The van der Waals surface area contributed by atoms with E-state index >= 15 is 0 Å². The van der Waals surface area contributed by atoms with Crippen LogP contribution in [0.3, 0.4) is 0 Å². The molecule has 0 aromatic heterocycles. The van der Waals surface area contributed by atoms with Gasteiger partial charge in [-0.05, 0) is 25.8 Å². The smallest absolute Gasteiger partial charge is 0.127 e. The van der Waals surface area contributed by atoms with E-state index in [4.69, 9.17) is 9.47 Å². The van der Waals surface area contributed by atoms with E-state index in [-0.39, 0.29) is 6.04 Å². The molecular weight excluding hydrogens is 226 g/mol. The lowest BCUT2D eigenvalue weighted by molar-refractivity contribution is 0.364. The number of nitrogens with one attached hydrogen (secondary N) is 1. The Morgan fingerprint density at radius 1 is 1.00 bits per heavy atom. The first-order valence-corrected chi connectivity index (χ1v) is 6.47. The standard InChI is InChI=1S/C15H25NO2/c1-10(2)11(3)16-12(4)14-8-7-13(17-5)9-15(14)18-6/h7-12,16H,1-6H3. The molecule has 0 bridgehead atoms. The van der Waals surface area contributed by atoms with Crippen LogP contribution in [-0.4, -0.2) is 20.3 Å². The van der Waals surface area contributed by atoms with Crippen LogP contribution in [0.5, 0.6) is 11.5 Å². The maximum absolute atomic E-state index is 5.43. The van der Waals surface area contributed by atoms with Gasteiger partial charge in [-0.1, -0.05) is 19.9 Å². The van der Waals surface area contributed by atoms with E-state index < -0.39 is 0 Å². The number of ether oxygens (including phenoxy) is 2. The van der Waals surface area contributed by atoms with Gasteiger partial charge in [0, 0.05) is 23.7 Å². The molecule has 1 aromatic rings. The van der Waals surface area contributed by atoms with Crippen molar-refractivity contribution in [2.24, 2.45) is 5.92 Å². The number of hydrogen-bond donors (Lipinski definition) is 1. The van der Waals surface area contributed by atoms with E-state index in [2.05, 4.69) is 39.1 Å². The van der Waals surface area contributed by atoms with E-state index in [1.54, 1.807) is 14.2 Å². The van der Waals surface area contributed by atoms with E-state index in [0.29, 0.717) is 12.0 Å². The van der Waals surface area contributed by atoms with Crippen LogP contribution in [0, 0.1) is 5.92 Å². The van der Waals surface area contributed by atoms with Gasteiger partial charge in [-0.2, -0.15) is 0 Å². The molecule has 0 saturated heterocycles. The quantitative estimate of drug-likeness (QED) is 0.840. The van der Waals surface area contributed by atoms with Crippen molar-refractivity contribution in [3.05, 3.63) is 23.8 Å². The second-order valence-corrected chi connectivity index (χ2v) is 5.03. The minimum absolute atomic E-state index is 0.253. The Bertz CT molecular complexity index is 377. The first-order chi connectivity index (χ1) is 8.49. The van der Waals surface area contributed by atoms with Crippen molar-refractivity contribution >= 4 is 0 Å². The zero-order chi connectivity index (χ0) is 13.7. The Balaban J connectivity index is 2.87. The summed E-state index contributed by atoms with van der Waals surface area (Å²) in [5.74, 6) is 2.29. The van der Waals surface area contributed by atoms with Crippen LogP contribution in [-0.2, 0) is 0 Å². The summed E-state index contributed by atoms with van der Waals surface area (Å²) in [7, 11) is 3.35. The molecule has 18 heavy (non-hydrogen) atoms. The minimum Gasteiger partial charge on any atom is -0.497 e. The van der Waals surface area contributed by atoms with Gasteiger partial charge in [0.25, 0.3) is 0 Å². The first-order valence-electron chi connectivity index (χ1n) is 6.47. The van der Waals surface area contributed by atoms with Crippen LogP contribution in [0.25, 0.3) is 0 Å². The van der Waals surface area contributed by atoms with Gasteiger partial charge in [0.1, 0.15) is 11.5 Å². The van der Waals surface area contributed by atoms with Crippen molar-refractivity contribution < 1.29 is 9.47 Å². The fourth-order valence-electron chi connectivity index (χ4n) is 1.85. The third-order valence-corrected chi connectivity index (χ3v) is 3.42. The van der Waals surface area contributed by atoms with E-state index in [1.807, 2.05) is 12.1 Å². The molecule has 0 amide bonds. The highest BCUT2D eigenvalue weighted by Crippen LogP contribution is 2.29.